The molecule has 1 saturated carbocycles. The first-order valence-electron chi connectivity index (χ1n) is 7.01. The van der Waals surface area contributed by atoms with Crippen molar-refractivity contribution in [3.63, 3.8) is 0 Å². The topological polar surface area (TPSA) is 38.3 Å². The highest BCUT2D eigenvalue weighted by atomic mass is 16.5. The van der Waals surface area contributed by atoms with E-state index in [1.54, 1.807) is 0 Å². The minimum atomic E-state index is -0.0999. The van der Waals surface area contributed by atoms with Gasteiger partial charge in [0.1, 0.15) is 6.04 Å². The van der Waals surface area contributed by atoms with Crippen LogP contribution in [0.5, 0.6) is 0 Å². The van der Waals surface area contributed by atoms with Crippen LogP contribution in [-0.4, -0.2) is 25.2 Å². The van der Waals surface area contributed by atoms with Gasteiger partial charge in [-0.15, -0.1) is 0 Å². The molecule has 1 aliphatic carbocycles. The molecule has 0 bridgehead atoms. The summed E-state index contributed by atoms with van der Waals surface area (Å²) in [6.45, 7) is 4.46. The fourth-order valence-electron chi connectivity index (χ4n) is 2.53. The van der Waals surface area contributed by atoms with Gasteiger partial charge in [0.05, 0.1) is 7.11 Å². The Hall–Kier alpha value is -0.570. The number of esters is 1. The van der Waals surface area contributed by atoms with Crippen LogP contribution in [0.15, 0.2) is 0 Å². The maximum Gasteiger partial charge on any atom is 0.322 e. The molecule has 1 fully saturated rings. The van der Waals surface area contributed by atoms with Crippen LogP contribution < -0.4 is 5.32 Å². The second-order valence-electron chi connectivity index (χ2n) is 5.34. The molecule has 0 aliphatic heterocycles. The number of ether oxygens (including phenoxy) is 1. The van der Waals surface area contributed by atoms with Crippen LogP contribution in [0.4, 0.5) is 0 Å². The Labute approximate surface area is 105 Å². The summed E-state index contributed by atoms with van der Waals surface area (Å²) in [5.74, 6) is 0.748. The first-order valence-corrected chi connectivity index (χ1v) is 7.01. The molecule has 0 aromatic heterocycles. The Morgan fingerprint density at radius 3 is 2.53 bits per heavy atom. The standard InChI is InChI=1S/C14H27NO2/c1-4-5-6-13(14(16)17-3)15-12-9-7-11(2)8-10-12/h11-13,15H,4-10H2,1-3H3. The third kappa shape index (κ3) is 5.07. The lowest BCUT2D eigenvalue weighted by Crippen LogP contribution is -2.45. The molecule has 0 saturated heterocycles. The first-order chi connectivity index (χ1) is 8.17. The zero-order valence-corrected chi connectivity index (χ0v) is 11.5. The molecule has 17 heavy (non-hydrogen) atoms. The molecule has 0 spiro atoms. The van der Waals surface area contributed by atoms with E-state index in [-0.39, 0.29) is 12.0 Å². The molecule has 1 aliphatic rings. The molecule has 1 N–H and O–H groups in total. The van der Waals surface area contributed by atoms with Gasteiger partial charge in [0, 0.05) is 6.04 Å². The van der Waals surface area contributed by atoms with E-state index in [0.29, 0.717) is 6.04 Å². The van der Waals surface area contributed by atoms with Gasteiger partial charge < -0.3 is 10.1 Å². The van der Waals surface area contributed by atoms with Gasteiger partial charge in [-0.05, 0) is 38.0 Å². The van der Waals surface area contributed by atoms with E-state index < -0.39 is 0 Å². The van der Waals surface area contributed by atoms with Crippen LogP contribution in [0.2, 0.25) is 0 Å². The SMILES string of the molecule is CCCCC(NC1CCC(C)CC1)C(=O)OC. The summed E-state index contributed by atoms with van der Waals surface area (Å²) in [7, 11) is 1.48. The summed E-state index contributed by atoms with van der Waals surface area (Å²) in [4.78, 5) is 11.7. The van der Waals surface area contributed by atoms with Gasteiger partial charge in [-0.25, -0.2) is 0 Å². The van der Waals surface area contributed by atoms with Crippen molar-refractivity contribution in [2.24, 2.45) is 5.92 Å². The molecule has 3 nitrogen and oxygen atoms in total. The normalized spacial score (nSPS) is 26.5. The minimum absolute atomic E-state index is 0.0987. The molecule has 0 aromatic rings. The monoisotopic (exact) mass is 241 g/mol. The van der Waals surface area contributed by atoms with Gasteiger partial charge in [0.25, 0.3) is 0 Å². The number of hydrogen-bond acceptors (Lipinski definition) is 3. The van der Waals surface area contributed by atoms with Gasteiger partial charge in [-0.3, -0.25) is 4.79 Å². The molecule has 0 aromatic carbocycles. The third-order valence-corrected chi connectivity index (χ3v) is 3.78. The quantitative estimate of drug-likeness (QED) is 0.727. The highest BCUT2D eigenvalue weighted by Gasteiger charge is 2.24. The Kier molecular flexibility index (Phi) is 6.56. The smallest absolute Gasteiger partial charge is 0.322 e. The number of methoxy groups -OCH3 is 1. The van der Waals surface area contributed by atoms with Crippen LogP contribution in [0.1, 0.15) is 58.8 Å². The van der Waals surface area contributed by atoms with Crippen molar-refractivity contribution in [1.29, 1.82) is 0 Å². The second kappa shape index (κ2) is 7.70. The Morgan fingerprint density at radius 1 is 1.35 bits per heavy atom. The van der Waals surface area contributed by atoms with Gasteiger partial charge in [0.15, 0.2) is 0 Å². The Bertz CT molecular complexity index is 222. The predicted molar refractivity (Wildman–Crippen MR) is 69.9 cm³/mol. The van der Waals surface area contributed by atoms with Crippen molar-refractivity contribution in [2.75, 3.05) is 7.11 Å². The molecule has 0 radical (unpaired) electrons. The van der Waals surface area contributed by atoms with E-state index >= 15 is 0 Å². The summed E-state index contributed by atoms with van der Waals surface area (Å²) in [6.07, 6.45) is 8.04. The van der Waals surface area contributed by atoms with Crippen molar-refractivity contribution < 1.29 is 9.53 Å². The number of carbonyl (C=O) groups excluding carboxylic acids is 1. The van der Waals surface area contributed by atoms with Gasteiger partial charge in [0.2, 0.25) is 0 Å². The Morgan fingerprint density at radius 2 is 2.00 bits per heavy atom. The van der Waals surface area contributed by atoms with E-state index in [2.05, 4.69) is 19.2 Å². The number of carbonyl (C=O) groups is 1. The maximum absolute atomic E-state index is 11.7. The van der Waals surface area contributed by atoms with E-state index in [1.165, 1.54) is 32.8 Å². The largest absolute Gasteiger partial charge is 0.468 e. The number of nitrogens with one attached hydrogen (secondary N) is 1. The summed E-state index contributed by atoms with van der Waals surface area (Å²) in [5, 5.41) is 3.49. The molecular formula is C14H27NO2. The highest BCUT2D eigenvalue weighted by molar-refractivity contribution is 5.75. The van der Waals surface area contributed by atoms with E-state index in [0.717, 1.165) is 25.2 Å². The zero-order valence-electron chi connectivity index (χ0n) is 11.5. The van der Waals surface area contributed by atoms with Crippen molar-refractivity contribution in [3.8, 4) is 0 Å². The summed E-state index contributed by atoms with van der Waals surface area (Å²) in [6, 6.07) is 0.408. The molecular weight excluding hydrogens is 214 g/mol. The average Bonchev–Trinajstić information content (AvgIpc) is 2.36. The summed E-state index contributed by atoms with van der Waals surface area (Å²) >= 11 is 0. The molecule has 1 rings (SSSR count). The summed E-state index contributed by atoms with van der Waals surface area (Å²) < 4.78 is 4.87. The minimum Gasteiger partial charge on any atom is -0.468 e. The molecule has 3 heteroatoms. The number of unbranched alkanes of at least 4 members (excludes halogenated alkanes) is 1. The van der Waals surface area contributed by atoms with Crippen molar-refractivity contribution in [2.45, 2.75) is 70.9 Å². The van der Waals surface area contributed by atoms with Crippen molar-refractivity contribution in [1.82, 2.24) is 5.32 Å². The molecule has 0 amide bonds. The van der Waals surface area contributed by atoms with Crippen molar-refractivity contribution in [3.05, 3.63) is 0 Å². The predicted octanol–water partition coefficient (Wildman–Crippen LogP) is 2.89. The average molecular weight is 241 g/mol. The van der Waals surface area contributed by atoms with Crippen LogP contribution in [0, 0.1) is 5.92 Å². The fraction of sp³-hybridized carbons (Fsp3) is 0.929. The van der Waals surface area contributed by atoms with E-state index in [1.807, 2.05) is 0 Å². The maximum atomic E-state index is 11.7. The van der Waals surface area contributed by atoms with Gasteiger partial charge in [-0.2, -0.15) is 0 Å². The lowest BCUT2D eigenvalue weighted by atomic mass is 9.87. The van der Waals surface area contributed by atoms with E-state index in [4.69, 9.17) is 4.74 Å². The molecule has 0 heterocycles. The zero-order chi connectivity index (χ0) is 12.7. The lowest BCUT2D eigenvalue weighted by molar-refractivity contribution is -0.143. The first kappa shape index (κ1) is 14.5. The van der Waals surface area contributed by atoms with Crippen LogP contribution in [-0.2, 0) is 9.53 Å². The van der Waals surface area contributed by atoms with Crippen LogP contribution in [0.25, 0.3) is 0 Å². The van der Waals surface area contributed by atoms with Crippen LogP contribution in [0.3, 0.4) is 0 Å². The molecule has 100 valence electrons. The number of rotatable bonds is 6. The van der Waals surface area contributed by atoms with Gasteiger partial charge >= 0.3 is 5.97 Å². The van der Waals surface area contributed by atoms with Crippen LogP contribution >= 0.6 is 0 Å². The highest BCUT2D eigenvalue weighted by Crippen LogP contribution is 2.24. The number of hydrogen-bond donors (Lipinski definition) is 1. The molecule has 1 atom stereocenters. The summed E-state index contributed by atoms with van der Waals surface area (Å²) in [5.41, 5.74) is 0. The Balaban J connectivity index is 2.39. The van der Waals surface area contributed by atoms with Crippen molar-refractivity contribution >= 4 is 5.97 Å². The second-order valence-corrected chi connectivity index (χ2v) is 5.34. The lowest BCUT2D eigenvalue weighted by Gasteiger charge is -2.30. The molecule has 1 unspecified atom stereocenters. The third-order valence-electron chi connectivity index (χ3n) is 3.78. The van der Waals surface area contributed by atoms with Gasteiger partial charge in [-0.1, -0.05) is 26.7 Å². The fourth-order valence-corrected chi connectivity index (χ4v) is 2.53. The van der Waals surface area contributed by atoms with E-state index in [9.17, 15) is 4.79 Å².